The third-order valence-corrected chi connectivity index (χ3v) is 8.95. The van der Waals surface area contributed by atoms with Gasteiger partial charge in [0, 0.05) is 107 Å². The third-order valence-electron chi connectivity index (χ3n) is 8.71. The number of nitrogens with zero attached hydrogens (tertiary/aromatic N) is 5. The average molecular weight is 550 g/mol. The molecular weight excluding hydrogens is 514 g/mol. The predicted octanol–water partition coefficient (Wildman–Crippen LogP) is 2.84. The maximum absolute atomic E-state index is 12.8. The second kappa shape index (κ2) is 10.9. The lowest BCUT2D eigenvalue weighted by molar-refractivity contribution is 0.110. The lowest BCUT2D eigenvalue weighted by Gasteiger charge is -2.43. The standard InChI is InChI=1S/C30H36ClN5O3/c1-32-25(19-35-16-22-12-23(18-35)26-6-3-7-29(38)36(26)17-22)14-28(37)30(39)27(32)20-34-10-8-33(9-11-34)15-21-4-2-5-24(31)13-21/h2-7,13-14,22-23,39H,8-12,15-20H2,1H3/t22-,23+/m1/s1. The predicted molar refractivity (Wildman–Crippen MR) is 152 cm³/mol. The van der Waals surface area contributed by atoms with Crippen molar-refractivity contribution in [1.29, 1.82) is 0 Å². The number of rotatable bonds is 6. The molecule has 2 bridgehead atoms. The van der Waals surface area contributed by atoms with Gasteiger partial charge in [-0.25, -0.2) is 0 Å². The summed E-state index contributed by atoms with van der Waals surface area (Å²) >= 11 is 6.15. The first-order chi connectivity index (χ1) is 18.8. The largest absolute Gasteiger partial charge is 0.503 e. The summed E-state index contributed by atoms with van der Waals surface area (Å²) in [4.78, 5) is 32.3. The van der Waals surface area contributed by atoms with Crippen molar-refractivity contribution in [2.75, 3.05) is 39.3 Å². The summed E-state index contributed by atoms with van der Waals surface area (Å²) in [7, 11) is 1.96. The molecule has 0 radical (unpaired) electrons. The summed E-state index contributed by atoms with van der Waals surface area (Å²) in [6.07, 6.45) is 1.10. The fourth-order valence-electron chi connectivity index (χ4n) is 6.69. The Balaban J connectivity index is 1.13. The van der Waals surface area contributed by atoms with Crippen LogP contribution in [0, 0.1) is 5.92 Å². The van der Waals surface area contributed by atoms with E-state index in [2.05, 4.69) is 26.8 Å². The Morgan fingerprint density at radius 2 is 1.62 bits per heavy atom. The molecule has 1 aromatic carbocycles. The zero-order valence-electron chi connectivity index (χ0n) is 22.4. The number of hydrogen-bond donors (Lipinski definition) is 1. The summed E-state index contributed by atoms with van der Waals surface area (Å²) in [6, 6.07) is 15.2. The molecule has 9 heteroatoms. The van der Waals surface area contributed by atoms with E-state index in [1.165, 1.54) is 5.56 Å². The van der Waals surface area contributed by atoms with Gasteiger partial charge in [-0.3, -0.25) is 24.3 Å². The van der Waals surface area contributed by atoms with Gasteiger partial charge in [0.05, 0.1) is 5.69 Å². The number of hydrogen-bond acceptors (Lipinski definition) is 6. The van der Waals surface area contributed by atoms with Gasteiger partial charge in [-0.2, -0.15) is 0 Å². The van der Waals surface area contributed by atoms with Crippen molar-refractivity contribution in [3.05, 3.63) is 96.8 Å². The van der Waals surface area contributed by atoms with Crippen LogP contribution >= 0.6 is 11.6 Å². The molecule has 2 saturated heterocycles. The monoisotopic (exact) mass is 549 g/mol. The molecule has 39 heavy (non-hydrogen) atoms. The van der Waals surface area contributed by atoms with Gasteiger partial charge in [0.25, 0.3) is 5.56 Å². The SMILES string of the molecule is Cn1c(CN2C[C@H]3C[C@@H](C2)c2cccc(=O)n2C3)cc(=O)c(O)c1CN1CCN(Cc2cccc(Cl)c2)CC1. The Morgan fingerprint density at radius 1 is 0.872 bits per heavy atom. The van der Waals surface area contributed by atoms with Crippen LogP contribution in [0.5, 0.6) is 5.75 Å². The van der Waals surface area contributed by atoms with E-state index in [0.29, 0.717) is 30.6 Å². The van der Waals surface area contributed by atoms with Crippen LogP contribution in [-0.2, 0) is 33.2 Å². The molecule has 2 aromatic heterocycles. The van der Waals surface area contributed by atoms with E-state index >= 15 is 0 Å². The van der Waals surface area contributed by atoms with Gasteiger partial charge >= 0.3 is 0 Å². The van der Waals surface area contributed by atoms with Crippen molar-refractivity contribution in [1.82, 2.24) is 23.8 Å². The van der Waals surface area contributed by atoms with E-state index in [9.17, 15) is 14.7 Å². The highest BCUT2D eigenvalue weighted by Crippen LogP contribution is 2.35. The summed E-state index contributed by atoms with van der Waals surface area (Å²) in [6.45, 7) is 8.14. The molecule has 3 aliphatic heterocycles. The first-order valence-electron chi connectivity index (χ1n) is 13.9. The van der Waals surface area contributed by atoms with Crippen molar-refractivity contribution >= 4 is 11.6 Å². The van der Waals surface area contributed by atoms with Gasteiger partial charge < -0.3 is 14.2 Å². The lowest BCUT2D eigenvalue weighted by atomic mass is 9.83. The van der Waals surface area contributed by atoms with Gasteiger partial charge in [-0.15, -0.1) is 0 Å². The molecule has 206 valence electrons. The van der Waals surface area contributed by atoms with Crippen LogP contribution in [0.3, 0.4) is 0 Å². The number of pyridine rings is 2. The fraction of sp³-hybridized carbons (Fsp3) is 0.467. The lowest BCUT2D eigenvalue weighted by Crippen LogP contribution is -2.47. The van der Waals surface area contributed by atoms with Gasteiger partial charge in [-0.05, 0) is 36.1 Å². The molecule has 3 aliphatic rings. The number of aromatic nitrogens is 2. The summed E-state index contributed by atoms with van der Waals surface area (Å²) < 4.78 is 3.96. The zero-order chi connectivity index (χ0) is 27.1. The highest BCUT2D eigenvalue weighted by molar-refractivity contribution is 6.30. The van der Waals surface area contributed by atoms with Crippen LogP contribution < -0.4 is 11.0 Å². The normalized spacial score (nSPS) is 22.1. The van der Waals surface area contributed by atoms with Gasteiger partial charge in [0.2, 0.25) is 5.43 Å². The molecule has 0 amide bonds. The number of likely N-dealkylation sites (tertiary alicyclic amines) is 1. The maximum Gasteiger partial charge on any atom is 0.250 e. The topological polar surface area (TPSA) is 73.9 Å². The molecule has 3 aromatic rings. The maximum atomic E-state index is 12.8. The minimum atomic E-state index is -0.313. The number of fused-ring (bicyclic) bond motifs is 4. The first-order valence-corrected chi connectivity index (χ1v) is 14.2. The Labute approximate surface area is 233 Å². The molecule has 1 N–H and O–H groups in total. The van der Waals surface area contributed by atoms with E-state index in [1.807, 2.05) is 40.4 Å². The Hall–Kier alpha value is -2.91. The second-order valence-electron chi connectivity index (χ2n) is 11.4. The van der Waals surface area contributed by atoms with Gasteiger partial charge in [0.1, 0.15) is 0 Å². The van der Waals surface area contributed by atoms with Gasteiger partial charge in [-0.1, -0.05) is 29.8 Å². The number of benzene rings is 1. The van der Waals surface area contributed by atoms with E-state index in [-0.39, 0.29) is 16.7 Å². The number of aromatic hydroxyl groups is 1. The van der Waals surface area contributed by atoms with Crippen molar-refractivity contribution in [2.24, 2.45) is 13.0 Å². The number of piperazine rings is 1. The fourth-order valence-corrected chi connectivity index (χ4v) is 6.90. The van der Waals surface area contributed by atoms with Crippen LogP contribution in [0.25, 0.3) is 0 Å². The minimum Gasteiger partial charge on any atom is -0.503 e. The van der Waals surface area contributed by atoms with Crippen LogP contribution in [0.1, 0.15) is 35.0 Å². The summed E-state index contributed by atoms with van der Waals surface area (Å²) in [5.74, 6) is 0.600. The highest BCUT2D eigenvalue weighted by Gasteiger charge is 2.34. The van der Waals surface area contributed by atoms with E-state index in [1.54, 1.807) is 12.1 Å². The average Bonchev–Trinajstić information content (AvgIpc) is 2.91. The number of halogens is 1. The molecule has 6 rings (SSSR count). The molecule has 0 aliphatic carbocycles. The van der Waals surface area contributed by atoms with Crippen molar-refractivity contribution in [2.45, 2.75) is 38.5 Å². The Bertz CT molecular complexity index is 1480. The van der Waals surface area contributed by atoms with Crippen molar-refractivity contribution < 1.29 is 5.11 Å². The molecule has 5 heterocycles. The molecule has 2 atom stereocenters. The van der Waals surface area contributed by atoms with Crippen LogP contribution in [0.2, 0.25) is 5.02 Å². The van der Waals surface area contributed by atoms with E-state index in [4.69, 9.17) is 11.6 Å². The second-order valence-corrected chi connectivity index (χ2v) is 11.9. The molecule has 0 unspecified atom stereocenters. The summed E-state index contributed by atoms with van der Waals surface area (Å²) in [5.41, 5.74) is 3.70. The zero-order valence-corrected chi connectivity index (χ0v) is 23.2. The molecule has 8 nitrogen and oxygen atoms in total. The van der Waals surface area contributed by atoms with Crippen LogP contribution in [0.4, 0.5) is 0 Å². The molecule has 0 spiro atoms. The van der Waals surface area contributed by atoms with Crippen molar-refractivity contribution in [3.63, 3.8) is 0 Å². The molecule has 2 fully saturated rings. The summed E-state index contributed by atoms with van der Waals surface area (Å²) in [5, 5.41) is 11.5. The quantitative estimate of drug-likeness (QED) is 0.510. The first kappa shape index (κ1) is 26.3. The van der Waals surface area contributed by atoms with Crippen LogP contribution in [0.15, 0.2) is 58.1 Å². The Morgan fingerprint density at radius 3 is 2.38 bits per heavy atom. The Kier molecular flexibility index (Phi) is 7.37. The van der Waals surface area contributed by atoms with E-state index < -0.39 is 0 Å². The minimum absolute atomic E-state index is 0.0894. The van der Waals surface area contributed by atoms with Gasteiger partial charge in [0.15, 0.2) is 5.75 Å². The number of piperidine rings is 1. The third kappa shape index (κ3) is 5.57. The molecular formula is C30H36ClN5O3. The van der Waals surface area contributed by atoms with E-state index in [0.717, 1.165) is 75.2 Å². The van der Waals surface area contributed by atoms with Crippen molar-refractivity contribution in [3.8, 4) is 5.75 Å². The molecule has 0 saturated carbocycles. The smallest absolute Gasteiger partial charge is 0.250 e. The highest BCUT2D eigenvalue weighted by atomic mass is 35.5. The van der Waals surface area contributed by atoms with Crippen LogP contribution in [-0.4, -0.2) is 68.2 Å².